The Kier molecular flexibility index (Phi) is 4.91. The number of likely N-dealkylation sites (N-methyl/N-ethyl adjacent to an activating group) is 1. The summed E-state index contributed by atoms with van der Waals surface area (Å²) in [6.07, 6.45) is 4.76. The van der Waals surface area contributed by atoms with Crippen molar-refractivity contribution < 1.29 is 9.53 Å². The van der Waals surface area contributed by atoms with Crippen molar-refractivity contribution in [2.75, 3.05) is 33.8 Å². The number of aryl methyl sites for hydroxylation is 1. The second kappa shape index (κ2) is 7.35. The summed E-state index contributed by atoms with van der Waals surface area (Å²) < 4.78 is 7.04. The summed E-state index contributed by atoms with van der Waals surface area (Å²) in [6, 6.07) is 8.97. The Morgan fingerprint density at radius 1 is 1.26 bits per heavy atom. The van der Waals surface area contributed by atoms with Crippen molar-refractivity contribution >= 4 is 5.91 Å². The van der Waals surface area contributed by atoms with Crippen LogP contribution in [0.3, 0.4) is 0 Å². The topological polar surface area (TPSA) is 50.6 Å². The van der Waals surface area contributed by atoms with Crippen molar-refractivity contribution in [2.45, 2.75) is 31.8 Å². The van der Waals surface area contributed by atoms with E-state index in [1.165, 1.54) is 5.56 Å². The maximum absolute atomic E-state index is 12.8. The lowest BCUT2D eigenvalue weighted by atomic mass is 9.82. The number of hydrogen-bond donors (Lipinski definition) is 0. The fourth-order valence-electron chi connectivity index (χ4n) is 4.72. The molecule has 2 aliphatic heterocycles. The highest BCUT2D eigenvalue weighted by Crippen LogP contribution is 2.41. The lowest BCUT2D eigenvalue weighted by Gasteiger charge is -2.38. The molecular weight excluding hydrogens is 340 g/mol. The number of amides is 1. The summed E-state index contributed by atoms with van der Waals surface area (Å²) in [7, 11) is 3.91. The number of carbonyl (C=O) groups excluding carboxylic acids is 1. The Bertz CT molecular complexity index is 801. The van der Waals surface area contributed by atoms with Gasteiger partial charge in [-0.05, 0) is 43.7 Å². The van der Waals surface area contributed by atoms with Crippen LogP contribution >= 0.6 is 0 Å². The Balaban J connectivity index is 1.48. The fourth-order valence-corrected chi connectivity index (χ4v) is 4.72. The summed E-state index contributed by atoms with van der Waals surface area (Å²) in [6.45, 7) is 5.02. The summed E-state index contributed by atoms with van der Waals surface area (Å²) in [4.78, 5) is 17.3. The summed E-state index contributed by atoms with van der Waals surface area (Å²) >= 11 is 0. The first-order valence-corrected chi connectivity index (χ1v) is 9.66. The van der Waals surface area contributed by atoms with Crippen molar-refractivity contribution in [3.8, 4) is 5.75 Å². The highest BCUT2D eigenvalue weighted by atomic mass is 16.5. The monoisotopic (exact) mass is 368 g/mol. The molecule has 1 aromatic carbocycles. The van der Waals surface area contributed by atoms with Crippen LogP contribution in [0.1, 0.15) is 23.5 Å². The average molecular weight is 368 g/mol. The van der Waals surface area contributed by atoms with Gasteiger partial charge >= 0.3 is 0 Å². The minimum absolute atomic E-state index is 0.166. The van der Waals surface area contributed by atoms with Crippen LogP contribution in [0.15, 0.2) is 36.7 Å². The third-order valence-electron chi connectivity index (χ3n) is 6.14. The second-order valence-corrected chi connectivity index (χ2v) is 7.89. The van der Waals surface area contributed by atoms with E-state index in [4.69, 9.17) is 4.74 Å². The van der Waals surface area contributed by atoms with Crippen molar-refractivity contribution in [1.29, 1.82) is 0 Å². The van der Waals surface area contributed by atoms with Crippen molar-refractivity contribution in [3.63, 3.8) is 0 Å². The number of ether oxygens (including phenoxy) is 1. The number of aromatic nitrogens is 2. The van der Waals surface area contributed by atoms with Gasteiger partial charge in [-0.1, -0.05) is 12.1 Å². The summed E-state index contributed by atoms with van der Waals surface area (Å²) in [5.41, 5.74) is 2.42. The van der Waals surface area contributed by atoms with Gasteiger partial charge in [0.15, 0.2) is 0 Å². The number of fused-ring (bicyclic) bond motifs is 1. The smallest absolute Gasteiger partial charge is 0.244 e. The molecule has 6 heteroatoms. The molecule has 0 N–H and O–H groups in total. The molecule has 1 amide bonds. The van der Waals surface area contributed by atoms with E-state index < -0.39 is 0 Å². The van der Waals surface area contributed by atoms with Crippen molar-refractivity contribution in [3.05, 3.63) is 47.8 Å². The Morgan fingerprint density at radius 3 is 2.70 bits per heavy atom. The maximum Gasteiger partial charge on any atom is 0.244 e. The molecule has 0 bridgehead atoms. The maximum atomic E-state index is 12.8. The van der Waals surface area contributed by atoms with Gasteiger partial charge in [0.2, 0.25) is 5.91 Å². The van der Waals surface area contributed by atoms with Crippen LogP contribution < -0.4 is 4.74 Å². The van der Waals surface area contributed by atoms with E-state index in [0.717, 1.165) is 37.4 Å². The molecule has 0 saturated carbocycles. The lowest BCUT2D eigenvalue weighted by Crippen LogP contribution is -2.48. The van der Waals surface area contributed by atoms with Gasteiger partial charge in [0, 0.05) is 43.7 Å². The number of hydrogen-bond acceptors (Lipinski definition) is 4. The molecule has 27 heavy (non-hydrogen) atoms. The number of piperidine rings is 1. The van der Waals surface area contributed by atoms with Crippen LogP contribution in [0, 0.1) is 12.8 Å². The molecular formula is C21H28N4O2. The summed E-state index contributed by atoms with van der Waals surface area (Å²) in [5, 5.41) is 4.26. The third-order valence-corrected chi connectivity index (χ3v) is 6.14. The van der Waals surface area contributed by atoms with Gasteiger partial charge < -0.3 is 14.5 Å². The zero-order valence-electron chi connectivity index (χ0n) is 16.3. The van der Waals surface area contributed by atoms with E-state index in [0.29, 0.717) is 24.4 Å². The van der Waals surface area contributed by atoms with Gasteiger partial charge in [-0.3, -0.25) is 9.48 Å². The van der Waals surface area contributed by atoms with Crippen molar-refractivity contribution in [2.24, 2.45) is 5.92 Å². The van der Waals surface area contributed by atoms with Gasteiger partial charge in [-0.25, -0.2) is 0 Å². The molecule has 144 valence electrons. The Labute approximate surface area is 160 Å². The van der Waals surface area contributed by atoms with Crippen LogP contribution in [0.4, 0.5) is 0 Å². The molecule has 0 aliphatic carbocycles. The SMILES string of the molecule is COc1ccc([C@H]2CN(C)[C@@H]3CCN(C(=O)Cn4cc(C)cn4)C[C@H]23)cc1. The molecule has 1 aromatic heterocycles. The molecule has 0 unspecified atom stereocenters. The third kappa shape index (κ3) is 3.58. The quantitative estimate of drug-likeness (QED) is 0.830. The molecule has 6 nitrogen and oxygen atoms in total. The van der Waals surface area contributed by atoms with E-state index in [9.17, 15) is 4.79 Å². The number of likely N-dealkylation sites (tertiary alicyclic amines) is 2. The highest BCUT2D eigenvalue weighted by Gasteiger charge is 2.44. The number of methoxy groups -OCH3 is 1. The first kappa shape index (κ1) is 18.0. The van der Waals surface area contributed by atoms with E-state index in [1.807, 2.05) is 30.2 Å². The van der Waals surface area contributed by atoms with E-state index in [1.54, 1.807) is 18.0 Å². The van der Waals surface area contributed by atoms with Gasteiger partial charge in [0.25, 0.3) is 0 Å². The molecule has 2 aromatic rings. The number of rotatable bonds is 4. The second-order valence-electron chi connectivity index (χ2n) is 7.89. The molecule has 0 radical (unpaired) electrons. The first-order valence-electron chi connectivity index (χ1n) is 9.66. The zero-order chi connectivity index (χ0) is 19.0. The normalized spacial score (nSPS) is 25.4. The number of carbonyl (C=O) groups is 1. The minimum atomic E-state index is 0.166. The molecule has 3 atom stereocenters. The highest BCUT2D eigenvalue weighted by molar-refractivity contribution is 5.76. The summed E-state index contributed by atoms with van der Waals surface area (Å²) in [5.74, 6) is 1.98. The molecule has 4 rings (SSSR count). The van der Waals surface area contributed by atoms with Gasteiger partial charge in [-0.2, -0.15) is 5.10 Å². The first-order chi connectivity index (χ1) is 13.0. The van der Waals surface area contributed by atoms with E-state index in [2.05, 4.69) is 29.2 Å². The molecule has 2 fully saturated rings. The lowest BCUT2D eigenvalue weighted by molar-refractivity contribution is -0.134. The van der Waals surface area contributed by atoms with Gasteiger partial charge in [0.1, 0.15) is 12.3 Å². The van der Waals surface area contributed by atoms with Crippen LogP contribution in [-0.2, 0) is 11.3 Å². The molecule has 2 aliphatic rings. The van der Waals surface area contributed by atoms with Crippen molar-refractivity contribution in [1.82, 2.24) is 19.6 Å². The molecule has 0 spiro atoms. The standard InChI is InChI=1S/C21H28N4O2/c1-15-10-22-25(11-15)14-21(26)24-9-8-20-19(13-24)18(12-23(20)2)16-4-6-17(27-3)7-5-16/h4-7,10-11,18-20H,8-9,12-14H2,1-3H3/t18-,19-,20-/m1/s1. The van der Waals surface area contributed by atoms with Crippen LogP contribution in [-0.4, -0.2) is 65.3 Å². The molecule has 2 saturated heterocycles. The Morgan fingerprint density at radius 2 is 2.04 bits per heavy atom. The average Bonchev–Trinajstić information content (AvgIpc) is 3.24. The predicted octanol–water partition coefficient (Wildman–Crippen LogP) is 2.15. The van der Waals surface area contributed by atoms with Crippen LogP contribution in [0.2, 0.25) is 0 Å². The van der Waals surface area contributed by atoms with Gasteiger partial charge in [0.05, 0.1) is 13.3 Å². The fraction of sp³-hybridized carbons (Fsp3) is 0.524. The predicted molar refractivity (Wildman–Crippen MR) is 104 cm³/mol. The minimum Gasteiger partial charge on any atom is -0.497 e. The molecule has 3 heterocycles. The number of benzene rings is 1. The van der Waals surface area contributed by atoms with Crippen LogP contribution in [0.5, 0.6) is 5.75 Å². The Hall–Kier alpha value is -2.34. The van der Waals surface area contributed by atoms with E-state index >= 15 is 0 Å². The van der Waals surface area contributed by atoms with Crippen LogP contribution in [0.25, 0.3) is 0 Å². The van der Waals surface area contributed by atoms with E-state index in [-0.39, 0.29) is 5.91 Å². The van der Waals surface area contributed by atoms with Gasteiger partial charge in [-0.15, -0.1) is 0 Å². The zero-order valence-corrected chi connectivity index (χ0v) is 16.3. The largest absolute Gasteiger partial charge is 0.497 e. The number of nitrogens with zero attached hydrogens (tertiary/aromatic N) is 4.